The third kappa shape index (κ3) is 5.23. The van der Waals surface area contributed by atoms with Gasteiger partial charge in [0.05, 0.1) is 0 Å². The molecule has 2 aromatic rings. The van der Waals surface area contributed by atoms with Crippen LogP contribution < -0.4 is 0 Å². The number of rotatable bonds is 6. The number of hydrogen-bond donors (Lipinski definition) is 0. The Labute approximate surface area is 178 Å². The topological polar surface area (TPSA) is 0 Å². The zero-order valence-corrected chi connectivity index (χ0v) is 17.7. The Balaban J connectivity index is 1.70. The first-order valence-electron chi connectivity index (χ1n) is 10.1. The Morgan fingerprint density at radius 3 is 2.03 bits per heavy atom. The van der Waals surface area contributed by atoms with Gasteiger partial charge in [-0.25, -0.2) is 26.3 Å². The van der Waals surface area contributed by atoms with Gasteiger partial charge in [0.2, 0.25) is 0 Å². The zero-order chi connectivity index (χ0) is 22.9. The van der Waals surface area contributed by atoms with Crippen LogP contribution in [0.3, 0.4) is 0 Å². The molecular formula is C25H24F6. The first kappa shape index (κ1) is 23.2. The molecule has 0 N–H and O–H groups in total. The summed E-state index contributed by atoms with van der Waals surface area (Å²) in [5, 5.41) is 0. The molecule has 166 valence electrons. The molecule has 0 saturated heterocycles. The lowest BCUT2D eigenvalue weighted by Crippen LogP contribution is -2.24. The zero-order valence-electron chi connectivity index (χ0n) is 17.7. The van der Waals surface area contributed by atoms with Crippen LogP contribution in [0.25, 0.3) is 0 Å². The Bertz CT molecular complexity index is 1040. The molecule has 2 aromatic carbocycles. The van der Waals surface area contributed by atoms with Crippen LogP contribution in [0.5, 0.6) is 0 Å². The van der Waals surface area contributed by atoms with Gasteiger partial charge in [0, 0.05) is 12.0 Å². The molecule has 6 heteroatoms. The Morgan fingerprint density at radius 1 is 0.774 bits per heavy atom. The third-order valence-corrected chi connectivity index (χ3v) is 5.94. The van der Waals surface area contributed by atoms with Gasteiger partial charge in [-0.15, -0.1) is 0 Å². The Kier molecular flexibility index (Phi) is 6.68. The molecule has 0 fully saturated rings. The maximum Gasteiger partial charge on any atom is 0.135 e. The highest BCUT2D eigenvalue weighted by atomic mass is 19.2. The van der Waals surface area contributed by atoms with E-state index in [0.717, 1.165) is 12.1 Å². The van der Waals surface area contributed by atoms with E-state index in [0.29, 0.717) is 11.1 Å². The van der Waals surface area contributed by atoms with Crippen molar-refractivity contribution in [2.45, 2.75) is 58.5 Å². The molecular weight excluding hydrogens is 414 g/mol. The Hall–Kier alpha value is -2.50. The van der Waals surface area contributed by atoms with Gasteiger partial charge < -0.3 is 0 Å². The number of alkyl halides is 1. The second-order valence-electron chi connectivity index (χ2n) is 8.38. The highest BCUT2D eigenvalue weighted by Gasteiger charge is 2.32. The summed E-state index contributed by atoms with van der Waals surface area (Å²) in [5.41, 5.74) is -0.831. The van der Waals surface area contributed by atoms with E-state index in [1.54, 1.807) is 0 Å². The molecule has 0 radical (unpaired) electrons. The van der Waals surface area contributed by atoms with Gasteiger partial charge >= 0.3 is 0 Å². The molecule has 0 amide bonds. The quantitative estimate of drug-likeness (QED) is 0.408. The van der Waals surface area contributed by atoms with Gasteiger partial charge in [0.1, 0.15) is 34.8 Å². The van der Waals surface area contributed by atoms with Crippen molar-refractivity contribution in [3.63, 3.8) is 0 Å². The fraction of sp³-hybridized carbons (Fsp3) is 0.360. The molecule has 0 aromatic heterocycles. The molecule has 0 nitrogen and oxygen atoms in total. The van der Waals surface area contributed by atoms with Crippen molar-refractivity contribution in [3.8, 4) is 0 Å². The fourth-order valence-corrected chi connectivity index (χ4v) is 3.79. The standard InChI is InChI=1S/C25H24F6/c1-14-8-22(28)18(12-20(14)26)6-7-19-23(29)9-16(10-24(19)30)4-5-17-11-21(27)15(2)25(3,31)13-17/h8-12H,4-7,13H2,1-3H3. The monoisotopic (exact) mass is 438 g/mol. The van der Waals surface area contributed by atoms with Crippen molar-refractivity contribution < 1.29 is 26.3 Å². The number of aryl methyl sites for hydroxylation is 3. The molecule has 0 bridgehead atoms. The van der Waals surface area contributed by atoms with Crippen LogP contribution >= 0.6 is 0 Å². The van der Waals surface area contributed by atoms with Gasteiger partial charge in [-0.05, 0) is 99.1 Å². The lowest BCUT2D eigenvalue weighted by molar-refractivity contribution is 0.227. The minimum atomic E-state index is -1.78. The maximum absolute atomic E-state index is 14.5. The largest absolute Gasteiger partial charge is 0.239 e. The third-order valence-electron chi connectivity index (χ3n) is 5.94. The molecule has 0 saturated carbocycles. The molecule has 1 aliphatic rings. The van der Waals surface area contributed by atoms with Crippen LogP contribution in [0.1, 0.15) is 48.9 Å². The summed E-state index contributed by atoms with van der Waals surface area (Å²) in [6.07, 6.45) is 1.63. The van der Waals surface area contributed by atoms with Crippen molar-refractivity contribution in [1.82, 2.24) is 0 Å². The summed E-state index contributed by atoms with van der Waals surface area (Å²) in [6.45, 7) is 4.15. The van der Waals surface area contributed by atoms with Crippen LogP contribution in [0.4, 0.5) is 26.3 Å². The summed E-state index contributed by atoms with van der Waals surface area (Å²) >= 11 is 0. The smallest absolute Gasteiger partial charge is 0.135 e. The van der Waals surface area contributed by atoms with Gasteiger partial charge in [-0.2, -0.15) is 0 Å². The normalized spacial score (nSPS) is 19.1. The van der Waals surface area contributed by atoms with Crippen LogP contribution in [-0.2, 0) is 19.3 Å². The highest BCUT2D eigenvalue weighted by molar-refractivity contribution is 5.36. The summed E-state index contributed by atoms with van der Waals surface area (Å²) in [6, 6.07) is 4.46. The van der Waals surface area contributed by atoms with Crippen molar-refractivity contribution >= 4 is 0 Å². The number of benzene rings is 2. The second kappa shape index (κ2) is 8.93. The lowest BCUT2D eigenvalue weighted by Gasteiger charge is -2.27. The van der Waals surface area contributed by atoms with Crippen molar-refractivity contribution in [2.75, 3.05) is 0 Å². The van der Waals surface area contributed by atoms with Crippen LogP contribution in [0, 0.1) is 30.2 Å². The van der Waals surface area contributed by atoms with E-state index >= 15 is 0 Å². The molecule has 0 spiro atoms. The average molecular weight is 438 g/mol. The van der Waals surface area contributed by atoms with E-state index in [9.17, 15) is 26.3 Å². The van der Waals surface area contributed by atoms with E-state index in [1.807, 2.05) is 0 Å². The number of hydrogen-bond acceptors (Lipinski definition) is 0. The number of halogens is 6. The van der Waals surface area contributed by atoms with Crippen molar-refractivity contribution in [2.24, 2.45) is 0 Å². The van der Waals surface area contributed by atoms with Gasteiger partial charge in [-0.1, -0.05) is 5.57 Å². The van der Waals surface area contributed by atoms with Crippen molar-refractivity contribution in [1.29, 1.82) is 0 Å². The fourth-order valence-electron chi connectivity index (χ4n) is 3.79. The molecule has 0 heterocycles. The molecule has 3 rings (SSSR count). The predicted octanol–water partition coefficient (Wildman–Crippen LogP) is 7.57. The highest BCUT2D eigenvalue weighted by Crippen LogP contribution is 2.38. The molecule has 1 aliphatic carbocycles. The Morgan fingerprint density at radius 2 is 1.42 bits per heavy atom. The first-order chi connectivity index (χ1) is 14.5. The average Bonchev–Trinajstić information content (AvgIpc) is 2.67. The SMILES string of the molecule is CC1=C(F)C=C(CCc2cc(F)c(CCc3cc(F)c(C)cc3F)c(F)c2)CC1(C)F. The van der Waals surface area contributed by atoms with Crippen LogP contribution in [0.15, 0.2) is 47.3 Å². The lowest BCUT2D eigenvalue weighted by atomic mass is 9.84. The number of allylic oxidation sites excluding steroid dienone is 4. The summed E-state index contributed by atoms with van der Waals surface area (Å²) in [5.74, 6) is -3.36. The first-order valence-corrected chi connectivity index (χ1v) is 10.1. The van der Waals surface area contributed by atoms with E-state index in [-0.39, 0.29) is 54.4 Å². The molecule has 31 heavy (non-hydrogen) atoms. The van der Waals surface area contributed by atoms with E-state index in [2.05, 4.69) is 0 Å². The summed E-state index contributed by atoms with van der Waals surface area (Å²) in [7, 11) is 0. The second-order valence-corrected chi connectivity index (χ2v) is 8.38. The minimum absolute atomic E-state index is 0.0357. The van der Waals surface area contributed by atoms with Gasteiger partial charge in [-0.3, -0.25) is 0 Å². The maximum atomic E-state index is 14.5. The van der Waals surface area contributed by atoms with Crippen molar-refractivity contribution in [3.05, 3.63) is 92.8 Å². The molecule has 0 aliphatic heterocycles. The van der Waals surface area contributed by atoms with Gasteiger partial charge in [0.15, 0.2) is 0 Å². The van der Waals surface area contributed by atoms with Crippen LogP contribution in [-0.4, -0.2) is 5.67 Å². The minimum Gasteiger partial charge on any atom is -0.239 e. The molecule has 1 atom stereocenters. The van der Waals surface area contributed by atoms with Crippen LogP contribution in [0.2, 0.25) is 0 Å². The summed E-state index contributed by atoms with van der Waals surface area (Å²) in [4.78, 5) is 0. The molecule has 1 unspecified atom stereocenters. The van der Waals surface area contributed by atoms with E-state index < -0.39 is 34.8 Å². The predicted molar refractivity (Wildman–Crippen MR) is 109 cm³/mol. The van der Waals surface area contributed by atoms with E-state index in [4.69, 9.17) is 0 Å². The van der Waals surface area contributed by atoms with E-state index in [1.165, 1.54) is 39.0 Å². The van der Waals surface area contributed by atoms with Gasteiger partial charge in [0.25, 0.3) is 0 Å². The summed E-state index contributed by atoms with van der Waals surface area (Å²) < 4.78 is 85.0.